The second kappa shape index (κ2) is 5.23. The first kappa shape index (κ1) is 13.1. The molecule has 0 radical (unpaired) electrons. The zero-order chi connectivity index (χ0) is 14.1. The molecule has 2 aromatic rings. The van der Waals surface area contributed by atoms with E-state index in [1.165, 1.54) is 17.7 Å². The minimum Gasteiger partial charge on any atom is -0.370 e. The van der Waals surface area contributed by atoms with Gasteiger partial charge in [0.15, 0.2) is 5.82 Å². The average Bonchev–Trinajstić information content (AvgIpc) is 3.04. The lowest BCUT2D eigenvalue weighted by Crippen LogP contribution is -2.07. The highest BCUT2D eigenvalue weighted by Crippen LogP contribution is 2.30. The summed E-state index contributed by atoms with van der Waals surface area (Å²) in [5.74, 6) is 1.82. The van der Waals surface area contributed by atoms with Crippen molar-refractivity contribution in [2.75, 3.05) is 11.9 Å². The molecule has 0 saturated carbocycles. The third-order valence-electron chi connectivity index (χ3n) is 3.76. The molecule has 5 nitrogen and oxygen atoms in total. The third kappa shape index (κ3) is 2.17. The van der Waals surface area contributed by atoms with Crippen molar-refractivity contribution in [3.05, 3.63) is 23.1 Å². The van der Waals surface area contributed by atoms with Crippen LogP contribution in [0.4, 0.5) is 5.82 Å². The first-order valence-corrected chi connectivity index (χ1v) is 7.39. The molecule has 0 amide bonds. The molecular formula is C15H21N5. The van der Waals surface area contributed by atoms with E-state index in [2.05, 4.69) is 24.3 Å². The maximum absolute atomic E-state index is 4.78. The first-order valence-electron chi connectivity index (χ1n) is 7.39. The van der Waals surface area contributed by atoms with E-state index in [0.29, 0.717) is 0 Å². The van der Waals surface area contributed by atoms with Gasteiger partial charge in [0.2, 0.25) is 0 Å². The Hall–Kier alpha value is -1.91. The Balaban J connectivity index is 2.12. The van der Waals surface area contributed by atoms with Crippen molar-refractivity contribution in [2.45, 2.75) is 39.5 Å². The van der Waals surface area contributed by atoms with Gasteiger partial charge in [0.1, 0.15) is 5.82 Å². The van der Waals surface area contributed by atoms with E-state index in [4.69, 9.17) is 9.97 Å². The summed E-state index contributed by atoms with van der Waals surface area (Å²) in [6.07, 6.45) is 6.24. The molecular weight excluding hydrogens is 250 g/mol. The fourth-order valence-electron chi connectivity index (χ4n) is 2.85. The smallest absolute Gasteiger partial charge is 0.165 e. The molecule has 106 valence electrons. The Morgan fingerprint density at radius 2 is 2.10 bits per heavy atom. The van der Waals surface area contributed by atoms with E-state index in [1.54, 1.807) is 0 Å². The van der Waals surface area contributed by atoms with Gasteiger partial charge in [-0.15, -0.1) is 0 Å². The van der Waals surface area contributed by atoms with Crippen LogP contribution in [0.5, 0.6) is 0 Å². The van der Waals surface area contributed by atoms with Crippen molar-refractivity contribution in [3.63, 3.8) is 0 Å². The predicted molar refractivity (Wildman–Crippen MR) is 79.8 cm³/mol. The van der Waals surface area contributed by atoms with Crippen LogP contribution in [-0.4, -0.2) is 26.3 Å². The van der Waals surface area contributed by atoms with Crippen molar-refractivity contribution in [1.82, 2.24) is 19.7 Å². The van der Waals surface area contributed by atoms with Crippen molar-refractivity contribution in [2.24, 2.45) is 7.05 Å². The molecule has 5 heteroatoms. The van der Waals surface area contributed by atoms with Gasteiger partial charge in [-0.2, -0.15) is 5.10 Å². The van der Waals surface area contributed by atoms with Gasteiger partial charge in [-0.05, 0) is 32.6 Å². The van der Waals surface area contributed by atoms with Crippen LogP contribution >= 0.6 is 0 Å². The van der Waals surface area contributed by atoms with Crippen molar-refractivity contribution in [1.29, 1.82) is 0 Å². The minimum absolute atomic E-state index is 0.812. The molecule has 0 bridgehead atoms. The molecule has 20 heavy (non-hydrogen) atoms. The van der Waals surface area contributed by atoms with Gasteiger partial charge in [-0.3, -0.25) is 4.68 Å². The number of nitrogens with one attached hydrogen (secondary N) is 1. The minimum atomic E-state index is 0.812. The van der Waals surface area contributed by atoms with Crippen molar-refractivity contribution < 1.29 is 0 Å². The molecule has 0 unspecified atom stereocenters. The van der Waals surface area contributed by atoms with Gasteiger partial charge < -0.3 is 5.32 Å². The number of anilines is 1. The fourth-order valence-corrected chi connectivity index (χ4v) is 2.85. The van der Waals surface area contributed by atoms with Crippen molar-refractivity contribution in [3.8, 4) is 11.4 Å². The van der Waals surface area contributed by atoms with Crippen LogP contribution < -0.4 is 5.32 Å². The largest absolute Gasteiger partial charge is 0.370 e. The van der Waals surface area contributed by atoms with E-state index in [9.17, 15) is 0 Å². The van der Waals surface area contributed by atoms with E-state index in [-0.39, 0.29) is 0 Å². The summed E-state index contributed by atoms with van der Waals surface area (Å²) in [4.78, 5) is 9.53. The number of fused-ring (bicyclic) bond motifs is 1. The van der Waals surface area contributed by atoms with Gasteiger partial charge in [-0.25, -0.2) is 9.97 Å². The monoisotopic (exact) mass is 271 g/mol. The van der Waals surface area contributed by atoms with Gasteiger partial charge in [0.05, 0.1) is 11.3 Å². The van der Waals surface area contributed by atoms with E-state index in [0.717, 1.165) is 48.7 Å². The van der Waals surface area contributed by atoms with Crippen LogP contribution in [0.3, 0.4) is 0 Å². The van der Waals surface area contributed by atoms with Gasteiger partial charge in [0, 0.05) is 31.0 Å². The topological polar surface area (TPSA) is 55.6 Å². The summed E-state index contributed by atoms with van der Waals surface area (Å²) >= 11 is 0. The maximum atomic E-state index is 4.78. The van der Waals surface area contributed by atoms with Crippen LogP contribution in [0.15, 0.2) is 6.20 Å². The number of aromatic nitrogens is 4. The molecule has 2 aromatic heterocycles. The van der Waals surface area contributed by atoms with Crippen LogP contribution in [0.2, 0.25) is 0 Å². The summed E-state index contributed by atoms with van der Waals surface area (Å²) in [5, 5.41) is 7.87. The number of nitrogens with zero attached hydrogens (tertiary/aromatic N) is 4. The molecule has 0 atom stereocenters. The highest BCUT2D eigenvalue weighted by Gasteiger charge is 2.21. The summed E-state index contributed by atoms with van der Waals surface area (Å²) in [6, 6.07) is 0. The Kier molecular flexibility index (Phi) is 3.42. The van der Waals surface area contributed by atoms with E-state index in [1.807, 2.05) is 17.9 Å². The van der Waals surface area contributed by atoms with Crippen LogP contribution in [0.1, 0.15) is 37.2 Å². The maximum Gasteiger partial charge on any atom is 0.165 e. The Labute approximate surface area is 119 Å². The fraction of sp³-hybridized carbons (Fsp3) is 0.533. The lowest BCUT2D eigenvalue weighted by molar-refractivity contribution is 0.746. The quantitative estimate of drug-likeness (QED) is 0.927. The molecule has 3 rings (SSSR count). The molecule has 0 aromatic carbocycles. The van der Waals surface area contributed by atoms with Gasteiger partial charge >= 0.3 is 0 Å². The average molecular weight is 271 g/mol. The summed E-state index contributed by atoms with van der Waals surface area (Å²) < 4.78 is 1.84. The van der Waals surface area contributed by atoms with Gasteiger partial charge in [-0.1, -0.05) is 6.92 Å². The zero-order valence-electron chi connectivity index (χ0n) is 12.4. The first-order chi connectivity index (χ1) is 9.72. The highest BCUT2D eigenvalue weighted by molar-refractivity contribution is 5.62. The highest BCUT2D eigenvalue weighted by atomic mass is 15.3. The number of hydrogen-bond donors (Lipinski definition) is 1. The standard InChI is InChI=1S/C15H21N5/c1-4-12-11(9-20(3)19-12)15-17-13-8-6-7-10(13)14(18-15)16-5-2/h9H,4-8H2,1-3H3,(H,16,17,18). The molecule has 2 heterocycles. The summed E-state index contributed by atoms with van der Waals surface area (Å²) in [7, 11) is 1.95. The molecule has 1 aliphatic rings. The second-order valence-corrected chi connectivity index (χ2v) is 5.22. The second-order valence-electron chi connectivity index (χ2n) is 5.22. The van der Waals surface area contributed by atoms with Gasteiger partial charge in [0.25, 0.3) is 0 Å². The van der Waals surface area contributed by atoms with E-state index < -0.39 is 0 Å². The molecule has 0 saturated heterocycles. The Morgan fingerprint density at radius 1 is 1.25 bits per heavy atom. The predicted octanol–water partition coefficient (Wildman–Crippen LogP) is 2.36. The molecule has 1 N–H and O–H groups in total. The van der Waals surface area contributed by atoms with Crippen LogP contribution in [-0.2, 0) is 26.3 Å². The molecule has 1 aliphatic carbocycles. The molecule has 0 spiro atoms. The third-order valence-corrected chi connectivity index (χ3v) is 3.76. The molecule has 0 aliphatic heterocycles. The van der Waals surface area contributed by atoms with Crippen molar-refractivity contribution >= 4 is 5.82 Å². The SMILES string of the molecule is CCNc1nc(-c2cn(C)nc2CC)nc2c1CCC2. The zero-order valence-corrected chi connectivity index (χ0v) is 12.4. The van der Waals surface area contributed by atoms with Crippen LogP contribution in [0.25, 0.3) is 11.4 Å². The summed E-state index contributed by atoms with van der Waals surface area (Å²) in [6.45, 7) is 5.10. The molecule has 0 fully saturated rings. The number of aryl methyl sites for hydroxylation is 3. The number of hydrogen-bond acceptors (Lipinski definition) is 4. The Bertz CT molecular complexity index is 629. The lowest BCUT2D eigenvalue weighted by Gasteiger charge is -2.10. The number of rotatable bonds is 4. The lowest BCUT2D eigenvalue weighted by atomic mass is 10.1. The Morgan fingerprint density at radius 3 is 2.85 bits per heavy atom. The normalized spacial score (nSPS) is 13.6. The van der Waals surface area contributed by atoms with Crippen LogP contribution in [0, 0.1) is 0 Å². The summed E-state index contributed by atoms with van der Waals surface area (Å²) in [5.41, 5.74) is 4.63. The van der Waals surface area contributed by atoms with E-state index >= 15 is 0 Å².